The number of thioether (sulfide) groups is 3. The number of nitrogens with one attached hydrogen (secondary N) is 1. The molecule has 3 aromatic rings. The number of hydrogen-bond acceptors (Lipinski definition) is 4. The van der Waals surface area contributed by atoms with Crippen molar-refractivity contribution < 1.29 is 0 Å². The summed E-state index contributed by atoms with van der Waals surface area (Å²) in [6.07, 6.45) is 25.8. The first-order valence-corrected chi connectivity index (χ1v) is 22.8. The zero-order valence-corrected chi connectivity index (χ0v) is 39.3. The second-order valence-corrected chi connectivity index (χ2v) is 19.2. The third-order valence-electron chi connectivity index (χ3n) is 10.4. The number of rotatable bonds is 8. The number of nitrogens with zero attached hydrogens (tertiary/aromatic N) is 1. The van der Waals surface area contributed by atoms with E-state index in [1.165, 1.54) is 70.5 Å². The maximum atomic E-state index is 7.93. The van der Waals surface area contributed by atoms with E-state index in [0.717, 1.165) is 39.4 Å². The Morgan fingerprint density at radius 3 is 2.25 bits per heavy atom. The van der Waals surface area contributed by atoms with Crippen LogP contribution in [0.4, 0.5) is 0 Å². The molecular formula is C54H62N2S3. The van der Waals surface area contributed by atoms with Gasteiger partial charge in [-0.15, -0.1) is 6.58 Å². The molecule has 59 heavy (non-hydrogen) atoms. The SMILES string of the molecule is C=C/C=C\C(Sc1c(C)ccc2c1-c1ccc(C(/C=C/C=C3\Sc4c(ccc5c4C/C=C\C=C/C(=C)C5(C)C)SC3=C)=NC=N)cc1C2(C)C)=C(C)C.C=CC.CCC. The first kappa shape index (κ1) is 47.1. The van der Waals surface area contributed by atoms with Crippen molar-refractivity contribution in [2.24, 2.45) is 4.99 Å². The van der Waals surface area contributed by atoms with Crippen LogP contribution in [0.2, 0.25) is 0 Å². The average Bonchev–Trinajstić information content (AvgIpc) is 3.44. The molecule has 306 valence electrons. The van der Waals surface area contributed by atoms with E-state index in [4.69, 9.17) is 5.41 Å². The molecule has 1 aliphatic heterocycles. The van der Waals surface area contributed by atoms with E-state index in [0.29, 0.717) is 0 Å². The fourth-order valence-corrected chi connectivity index (χ4v) is 10.5. The van der Waals surface area contributed by atoms with Crippen molar-refractivity contribution in [2.75, 3.05) is 0 Å². The number of hydrogen-bond donors (Lipinski definition) is 1. The van der Waals surface area contributed by atoms with Crippen LogP contribution in [0.25, 0.3) is 11.1 Å². The standard InChI is InChI=1S/C48H48N2S3.C3H8.C3H6/c1-11-12-20-41(30(2)3)52-45-31(4)22-25-38-44(45)35-24-23-34(28-39(35)48(38,9)10)40(50-29-49)19-16-21-42-33(6)51-43-27-26-37-36(46(43)53-42)18-15-13-14-17-32(5)47(37,7)8;2*1-3-2/h11-17,19-29,49H,1,5-6,18H2,2-4,7-10H3;3H2,1-2H3;3H,1H2,2H3/b15-13-,17-14-,19-16+,20-12-,42-21-,49-29?,50-40?;;. The fraction of sp³-hybridized carbons (Fsp3) is 0.259. The Morgan fingerprint density at radius 1 is 0.898 bits per heavy atom. The van der Waals surface area contributed by atoms with Gasteiger partial charge in [-0.25, -0.2) is 4.99 Å². The van der Waals surface area contributed by atoms with Crippen LogP contribution in [0, 0.1) is 12.3 Å². The molecule has 0 amide bonds. The predicted octanol–water partition coefficient (Wildman–Crippen LogP) is 16.8. The highest BCUT2D eigenvalue weighted by Gasteiger charge is 2.38. The van der Waals surface area contributed by atoms with Crippen LogP contribution < -0.4 is 0 Å². The summed E-state index contributed by atoms with van der Waals surface area (Å²) in [5.74, 6) is 0. The zero-order valence-electron chi connectivity index (χ0n) is 36.9. The fourth-order valence-electron chi connectivity index (χ4n) is 7.15. The zero-order chi connectivity index (χ0) is 43.5. The van der Waals surface area contributed by atoms with E-state index in [1.807, 2.05) is 36.9 Å². The summed E-state index contributed by atoms with van der Waals surface area (Å²) in [5, 5.41) is 7.93. The van der Waals surface area contributed by atoms with Gasteiger partial charge in [-0.2, -0.15) is 0 Å². The van der Waals surface area contributed by atoms with Crippen molar-refractivity contribution in [3.05, 3.63) is 195 Å². The van der Waals surface area contributed by atoms with E-state index in [9.17, 15) is 0 Å². The largest absolute Gasteiger partial charge is 0.290 e. The number of allylic oxidation sites excluding steroid dienone is 13. The minimum absolute atomic E-state index is 0.184. The molecule has 0 radical (unpaired) electrons. The van der Waals surface area contributed by atoms with Gasteiger partial charge < -0.3 is 0 Å². The van der Waals surface area contributed by atoms with Crippen LogP contribution in [-0.2, 0) is 17.3 Å². The number of aliphatic imine (C=N–C) groups is 1. The van der Waals surface area contributed by atoms with Gasteiger partial charge in [0.25, 0.3) is 0 Å². The molecule has 2 aliphatic carbocycles. The Morgan fingerprint density at radius 2 is 1.59 bits per heavy atom. The Labute approximate surface area is 369 Å². The van der Waals surface area contributed by atoms with Crippen molar-refractivity contribution in [1.29, 1.82) is 5.41 Å². The molecule has 3 aliphatic rings. The lowest BCUT2D eigenvalue weighted by Gasteiger charge is -2.32. The Kier molecular flexibility index (Phi) is 16.9. The molecule has 0 atom stereocenters. The quantitative estimate of drug-likeness (QED) is 0.0807. The predicted molar refractivity (Wildman–Crippen MR) is 268 cm³/mol. The van der Waals surface area contributed by atoms with Crippen LogP contribution in [0.3, 0.4) is 0 Å². The molecule has 0 saturated heterocycles. The summed E-state index contributed by atoms with van der Waals surface area (Å²) in [7, 11) is 0. The smallest absolute Gasteiger partial charge is 0.107 e. The summed E-state index contributed by atoms with van der Waals surface area (Å²) in [4.78, 5) is 11.7. The summed E-state index contributed by atoms with van der Waals surface area (Å²) < 4.78 is 0. The molecule has 0 saturated carbocycles. The molecule has 5 heteroatoms. The normalized spacial score (nSPS) is 17.7. The number of fused-ring (bicyclic) bond motifs is 6. The molecule has 0 aromatic heterocycles. The van der Waals surface area contributed by atoms with E-state index in [1.54, 1.807) is 29.6 Å². The van der Waals surface area contributed by atoms with Crippen LogP contribution in [0.1, 0.15) is 102 Å². The van der Waals surface area contributed by atoms with Gasteiger partial charge in [0, 0.05) is 51.4 Å². The summed E-state index contributed by atoms with van der Waals surface area (Å²) in [5.41, 5.74) is 12.8. The van der Waals surface area contributed by atoms with E-state index in [-0.39, 0.29) is 10.8 Å². The number of benzene rings is 3. The van der Waals surface area contributed by atoms with Gasteiger partial charge in [-0.3, -0.25) is 5.41 Å². The lowest BCUT2D eigenvalue weighted by Crippen LogP contribution is -2.21. The van der Waals surface area contributed by atoms with Crippen molar-refractivity contribution in [1.82, 2.24) is 0 Å². The van der Waals surface area contributed by atoms with Crippen molar-refractivity contribution in [3.8, 4) is 11.1 Å². The third kappa shape index (κ3) is 10.6. The lowest BCUT2D eigenvalue weighted by atomic mass is 9.76. The monoisotopic (exact) mass is 834 g/mol. The maximum absolute atomic E-state index is 7.93. The van der Waals surface area contributed by atoms with E-state index >= 15 is 0 Å². The maximum Gasteiger partial charge on any atom is 0.107 e. The Balaban J connectivity index is 0.00000121. The number of aryl methyl sites for hydroxylation is 1. The van der Waals surface area contributed by atoms with Crippen LogP contribution in [0.15, 0.2) is 181 Å². The van der Waals surface area contributed by atoms with Gasteiger partial charge in [0.05, 0.1) is 5.71 Å². The molecule has 1 N–H and O–H groups in total. The molecule has 0 bridgehead atoms. The molecule has 3 aromatic carbocycles. The third-order valence-corrected chi connectivity index (χ3v) is 14.4. The minimum Gasteiger partial charge on any atom is -0.290 e. The highest BCUT2D eigenvalue weighted by atomic mass is 32.2. The van der Waals surface area contributed by atoms with Crippen molar-refractivity contribution in [2.45, 2.75) is 108 Å². The second-order valence-electron chi connectivity index (χ2n) is 15.9. The topological polar surface area (TPSA) is 36.2 Å². The second kappa shape index (κ2) is 21.1. The molecule has 0 unspecified atom stereocenters. The van der Waals surface area contributed by atoms with Crippen LogP contribution in [0.5, 0.6) is 0 Å². The van der Waals surface area contributed by atoms with Gasteiger partial charge in [-0.1, -0.05) is 187 Å². The highest BCUT2D eigenvalue weighted by molar-refractivity contribution is 8.11. The minimum atomic E-state index is -0.198. The molecule has 0 spiro atoms. The molecule has 1 heterocycles. The summed E-state index contributed by atoms with van der Waals surface area (Å²) in [6, 6.07) is 15.8. The van der Waals surface area contributed by atoms with Crippen molar-refractivity contribution in [3.63, 3.8) is 0 Å². The van der Waals surface area contributed by atoms with Gasteiger partial charge in [-0.05, 0) is 103 Å². The first-order valence-electron chi connectivity index (χ1n) is 20.3. The first-order chi connectivity index (χ1) is 28.1. The van der Waals surface area contributed by atoms with Crippen molar-refractivity contribution >= 4 is 47.3 Å². The lowest BCUT2D eigenvalue weighted by molar-refractivity contribution is 0.630. The van der Waals surface area contributed by atoms with Gasteiger partial charge in [0.1, 0.15) is 6.34 Å². The average molecular weight is 835 g/mol. The van der Waals surface area contributed by atoms with Crippen LogP contribution in [-0.4, -0.2) is 12.1 Å². The Hall–Kier alpha value is -4.55. The van der Waals surface area contributed by atoms with Gasteiger partial charge in [0.2, 0.25) is 0 Å². The van der Waals surface area contributed by atoms with E-state index in [2.05, 4.69) is 179 Å². The Bertz CT molecular complexity index is 2350. The highest BCUT2D eigenvalue weighted by Crippen LogP contribution is 2.55. The summed E-state index contributed by atoms with van der Waals surface area (Å²) in [6.45, 7) is 37.9. The molecule has 6 rings (SSSR count). The summed E-state index contributed by atoms with van der Waals surface area (Å²) >= 11 is 5.36. The van der Waals surface area contributed by atoms with E-state index < -0.39 is 0 Å². The van der Waals surface area contributed by atoms with Gasteiger partial charge >= 0.3 is 0 Å². The van der Waals surface area contributed by atoms with Crippen LogP contribution >= 0.6 is 35.3 Å². The molecule has 2 nitrogen and oxygen atoms in total. The molecule has 0 fully saturated rings. The molecular weight excluding hydrogens is 773 g/mol. The van der Waals surface area contributed by atoms with Gasteiger partial charge in [0.15, 0.2) is 0 Å².